The van der Waals surface area contributed by atoms with Crippen LogP contribution in [0.15, 0.2) is 22.7 Å². The standard InChI is InChI=1S/C15H22BrFN2/c1-10-4-2-5-11(8-10)14(19-18)9-12-6-3-7-13(17)15(12)16/h3,6-7,10-11,14,19H,2,4-5,8-9,18H2,1H3. The van der Waals surface area contributed by atoms with E-state index >= 15 is 0 Å². The fraction of sp³-hybridized carbons (Fsp3) is 0.600. The quantitative estimate of drug-likeness (QED) is 0.651. The molecule has 2 nitrogen and oxygen atoms in total. The Balaban J connectivity index is 2.08. The lowest BCUT2D eigenvalue weighted by atomic mass is 9.77. The molecule has 0 amide bonds. The van der Waals surface area contributed by atoms with Crippen molar-refractivity contribution in [3.05, 3.63) is 34.1 Å². The van der Waals surface area contributed by atoms with Crippen LogP contribution in [0.5, 0.6) is 0 Å². The van der Waals surface area contributed by atoms with Crippen LogP contribution in [0.3, 0.4) is 0 Å². The number of halogens is 2. The van der Waals surface area contributed by atoms with Crippen molar-refractivity contribution >= 4 is 15.9 Å². The van der Waals surface area contributed by atoms with Crippen LogP contribution in [0.1, 0.15) is 38.2 Å². The highest BCUT2D eigenvalue weighted by molar-refractivity contribution is 9.10. The fourth-order valence-corrected chi connectivity index (χ4v) is 3.58. The largest absolute Gasteiger partial charge is 0.271 e. The van der Waals surface area contributed by atoms with Gasteiger partial charge in [0.25, 0.3) is 0 Å². The molecule has 1 aromatic rings. The molecular weight excluding hydrogens is 307 g/mol. The van der Waals surface area contributed by atoms with E-state index in [4.69, 9.17) is 5.84 Å². The Hall–Kier alpha value is -0.450. The van der Waals surface area contributed by atoms with Crippen LogP contribution in [-0.2, 0) is 6.42 Å². The van der Waals surface area contributed by atoms with E-state index in [1.165, 1.54) is 31.7 Å². The van der Waals surface area contributed by atoms with Gasteiger partial charge in [0.15, 0.2) is 0 Å². The fourth-order valence-electron chi connectivity index (χ4n) is 3.15. The maximum atomic E-state index is 13.5. The van der Waals surface area contributed by atoms with Gasteiger partial charge < -0.3 is 0 Å². The molecule has 3 unspecified atom stereocenters. The van der Waals surface area contributed by atoms with Gasteiger partial charge in [0.05, 0.1) is 4.47 Å². The number of hydrazine groups is 1. The average molecular weight is 329 g/mol. The molecule has 19 heavy (non-hydrogen) atoms. The number of nitrogens with two attached hydrogens (primary N) is 1. The molecule has 4 heteroatoms. The normalized spacial score (nSPS) is 25.3. The van der Waals surface area contributed by atoms with Crippen LogP contribution in [-0.4, -0.2) is 6.04 Å². The first-order chi connectivity index (χ1) is 9.11. The Morgan fingerprint density at radius 3 is 2.95 bits per heavy atom. The maximum absolute atomic E-state index is 13.5. The SMILES string of the molecule is CC1CCCC(C(Cc2cccc(F)c2Br)NN)C1. The van der Waals surface area contributed by atoms with Gasteiger partial charge in [-0.05, 0) is 58.7 Å². The van der Waals surface area contributed by atoms with Crippen LogP contribution in [0.4, 0.5) is 4.39 Å². The van der Waals surface area contributed by atoms with Crippen LogP contribution >= 0.6 is 15.9 Å². The molecule has 0 saturated heterocycles. The zero-order valence-electron chi connectivity index (χ0n) is 11.3. The minimum atomic E-state index is -0.203. The molecule has 0 aliphatic heterocycles. The summed E-state index contributed by atoms with van der Waals surface area (Å²) in [5.74, 6) is 6.88. The van der Waals surface area contributed by atoms with Gasteiger partial charge >= 0.3 is 0 Å². The molecule has 0 heterocycles. The van der Waals surface area contributed by atoms with Gasteiger partial charge in [-0.15, -0.1) is 0 Å². The van der Waals surface area contributed by atoms with Crippen molar-refractivity contribution in [2.24, 2.45) is 17.7 Å². The molecule has 3 atom stereocenters. The molecule has 2 rings (SSSR count). The summed E-state index contributed by atoms with van der Waals surface area (Å²) in [7, 11) is 0. The minimum Gasteiger partial charge on any atom is -0.271 e. The summed E-state index contributed by atoms with van der Waals surface area (Å²) in [6.07, 6.45) is 5.78. The van der Waals surface area contributed by atoms with Gasteiger partial charge in [0.1, 0.15) is 5.82 Å². The summed E-state index contributed by atoms with van der Waals surface area (Å²) in [4.78, 5) is 0. The summed E-state index contributed by atoms with van der Waals surface area (Å²) in [5.41, 5.74) is 3.93. The van der Waals surface area contributed by atoms with Gasteiger partial charge in [0.2, 0.25) is 0 Å². The highest BCUT2D eigenvalue weighted by Crippen LogP contribution is 2.32. The molecule has 1 aliphatic rings. The number of rotatable bonds is 4. The van der Waals surface area contributed by atoms with Gasteiger partial charge in [-0.2, -0.15) is 0 Å². The molecular formula is C15H22BrFN2. The third kappa shape index (κ3) is 3.77. The van der Waals surface area contributed by atoms with E-state index in [1.54, 1.807) is 6.07 Å². The number of hydrogen-bond donors (Lipinski definition) is 2. The highest BCUT2D eigenvalue weighted by Gasteiger charge is 2.26. The van der Waals surface area contributed by atoms with Crippen molar-refractivity contribution < 1.29 is 4.39 Å². The summed E-state index contributed by atoms with van der Waals surface area (Å²) in [5, 5.41) is 0. The number of benzene rings is 1. The van der Waals surface area contributed by atoms with Crippen molar-refractivity contribution in [2.45, 2.75) is 45.1 Å². The van der Waals surface area contributed by atoms with E-state index in [1.807, 2.05) is 6.07 Å². The van der Waals surface area contributed by atoms with E-state index in [-0.39, 0.29) is 11.9 Å². The van der Waals surface area contributed by atoms with E-state index in [0.717, 1.165) is 17.9 Å². The Kier molecular flexibility index (Phi) is 5.37. The topological polar surface area (TPSA) is 38.0 Å². The lowest BCUT2D eigenvalue weighted by Crippen LogP contribution is -2.44. The zero-order valence-corrected chi connectivity index (χ0v) is 12.9. The van der Waals surface area contributed by atoms with E-state index in [2.05, 4.69) is 28.3 Å². The molecule has 1 fully saturated rings. The van der Waals surface area contributed by atoms with Crippen molar-refractivity contribution in [3.63, 3.8) is 0 Å². The van der Waals surface area contributed by atoms with E-state index in [0.29, 0.717) is 10.4 Å². The Morgan fingerprint density at radius 1 is 1.47 bits per heavy atom. The summed E-state index contributed by atoms with van der Waals surface area (Å²) in [6.45, 7) is 2.30. The predicted molar refractivity (Wildman–Crippen MR) is 80.0 cm³/mol. The first-order valence-electron chi connectivity index (χ1n) is 7.00. The molecule has 0 aromatic heterocycles. The van der Waals surface area contributed by atoms with E-state index < -0.39 is 0 Å². The van der Waals surface area contributed by atoms with Crippen LogP contribution in [0.2, 0.25) is 0 Å². The monoisotopic (exact) mass is 328 g/mol. The smallest absolute Gasteiger partial charge is 0.137 e. The molecule has 0 spiro atoms. The van der Waals surface area contributed by atoms with Gasteiger partial charge in [-0.1, -0.05) is 31.9 Å². The minimum absolute atomic E-state index is 0.203. The lowest BCUT2D eigenvalue weighted by molar-refractivity contribution is 0.221. The van der Waals surface area contributed by atoms with Crippen LogP contribution < -0.4 is 11.3 Å². The Morgan fingerprint density at radius 2 is 2.26 bits per heavy atom. The average Bonchev–Trinajstić information content (AvgIpc) is 2.40. The van der Waals surface area contributed by atoms with Gasteiger partial charge in [0, 0.05) is 6.04 Å². The molecule has 0 bridgehead atoms. The second-order valence-corrected chi connectivity index (χ2v) is 6.52. The van der Waals surface area contributed by atoms with Gasteiger partial charge in [-0.25, -0.2) is 4.39 Å². The van der Waals surface area contributed by atoms with Crippen molar-refractivity contribution in [2.75, 3.05) is 0 Å². The first kappa shape index (κ1) is 14.9. The molecule has 3 N–H and O–H groups in total. The third-order valence-corrected chi connectivity index (χ3v) is 5.12. The molecule has 1 aromatic carbocycles. The Bertz CT molecular complexity index is 425. The summed E-state index contributed by atoms with van der Waals surface area (Å²) in [6, 6.07) is 5.41. The van der Waals surface area contributed by atoms with Crippen molar-refractivity contribution in [1.82, 2.24) is 5.43 Å². The first-order valence-corrected chi connectivity index (χ1v) is 7.80. The highest BCUT2D eigenvalue weighted by atomic mass is 79.9. The van der Waals surface area contributed by atoms with Crippen molar-refractivity contribution in [3.8, 4) is 0 Å². The maximum Gasteiger partial charge on any atom is 0.137 e. The molecule has 1 saturated carbocycles. The Labute approximate surface area is 123 Å². The molecule has 0 radical (unpaired) electrons. The zero-order chi connectivity index (χ0) is 13.8. The lowest BCUT2D eigenvalue weighted by Gasteiger charge is -2.33. The molecule has 106 valence electrons. The summed E-state index contributed by atoms with van der Waals surface area (Å²) < 4.78 is 14.1. The second-order valence-electron chi connectivity index (χ2n) is 5.72. The van der Waals surface area contributed by atoms with Gasteiger partial charge in [-0.3, -0.25) is 11.3 Å². The number of hydrogen-bond acceptors (Lipinski definition) is 2. The number of nitrogens with one attached hydrogen (secondary N) is 1. The summed E-state index contributed by atoms with van der Waals surface area (Å²) >= 11 is 3.33. The van der Waals surface area contributed by atoms with E-state index in [9.17, 15) is 4.39 Å². The van der Waals surface area contributed by atoms with Crippen LogP contribution in [0, 0.1) is 17.7 Å². The predicted octanol–water partition coefficient (Wildman–Crippen LogP) is 3.79. The van der Waals surface area contributed by atoms with Crippen molar-refractivity contribution in [1.29, 1.82) is 0 Å². The molecule has 1 aliphatic carbocycles. The second kappa shape index (κ2) is 6.82. The van der Waals surface area contributed by atoms with Crippen LogP contribution in [0.25, 0.3) is 0 Å². The third-order valence-electron chi connectivity index (χ3n) is 4.23.